The van der Waals surface area contributed by atoms with Gasteiger partial charge in [0.25, 0.3) is 0 Å². The topological polar surface area (TPSA) is 15.7 Å². The van der Waals surface area contributed by atoms with Crippen molar-refractivity contribution in [3.63, 3.8) is 0 Å². The van der Waals surface area contributed by atoms with E-state index in [-0.39, 0.29) is 5.82 Å². The van der Waals surface area contributed by atoms with E-state index in [2.05, 4.69) is 9.80 Å². The smallest absolute Gasteiger partial charge is 0.123 e. The first-order chi connectivity index (χ1) is 10.8. The Kier molecular flexibility index (Phi) is 4.16. The summed E-state index contributed by atoms with van der Waals surface area (Å²) in [5, 5.41) is 0. The molecule has 0 N–H and O–H groups in total. The lowest BCUT2D eigenvalue weighted by Crippen LogP contribution is -2.32. The van der Waals surface area contributed by atoms with Crippen LogP contribution < -0.4 is 0 Å². The van der Waals surface area contributed by atoms with Crippen molar-refractivity contribution in [1.29, 1.82) is 0 Å². The molecule has 0 bridgehead atoms. The summed E-state index contributed by atoms with van der Waals surface area (Å²) >= 11 is 0. The Hall–Kier alpha value is -0.970. The molecule has 0 aliphatic carbocycles. The van der Waals surface area contributed by atoms with Gasteiger partial charge >= 0.3 is 0 Å². The van der Waals surface area contributed by atoms with Crippen LogP contribution in [0.5, 0.6) is 0 Å². The quantitative estimate of drug-likeness (QED) is 0.848. The first-order valence-electron chi connectivity index (χ1n) is 8.53. The van der Waals surface area contributed by atoms with E-state index in [9.17, 15) is 4.39 Å². The lowest BCUT2D eigenvalue weighted by molar-refractivity contribution is 0.169. The van der Waals surface area contributed by atoms with Crippen LogP contribution in [0.1, 0.15) is 12.0 Å². The van der Waals surface area contributed by atoms with E-state index in [1.54, 1.807) is 6.07 Å². The summed E-state index contributed by atoms with van der Waals surface area (Å²) in [5.41, 5.74) is 1.10. The Morgan fingerprint density at radius 1 is 1.09 bits per heavy atom. The predicted octanol–water partition coefficient (Wildman–Crippen LogP) is 2.23. The maximum Gasteiger partial charge on any atom is 0.123 e. The molecular weight excluding hydrogens is 279 g/mol. The van der Waals surface area contributed by atoms with Gasteiger partial charge in [-0.3, -0.25) is 4.90 Å². The Morgan fingerprint density at radius 3 is 2.55 bits per heavy atom. The van der Waals surface area contributed by atoms with Gasteiger partial charge in [-0.05, 0) is 41.9 Å². The molecule has 0 amide bonds. The molecule has 3 fully saturated rings. The number of hydrogen-bond acceptors (Lipinski definition) is 3. The molecule has 0 aromatic heterocycles. The fourth-order valence-corrected chi connectivity index (χ4v) is 4.45. The molecule has 3 atom stereocenters. The Morgan fingerprint density at radius 2 is 1.86 bits per heavy atom. The lowest BCUT2D eigenvalue weighted by atomic mass is 10.0. The first kappa shape index (κ1) is 14.6. The van der Waals surface area contributed by atoms with Gasteiger partial charge in [-0.2, -0.15) is 0 Å². The predicted molar refractivity (Wildman–Crippen MR) is 84.0 cm³/mol. The molecule has 0 saturated carbocycles. The largest absolute Gasteiger partial charge is 0.381 e. The number of fused-ring (bicyclic) bond motifs is 1. The average molecular weight is 304 g/mol. The van der Waals surface area contributed by atoms with Gasteiger partial charge in [0.05, 0.1) is 6.61 Å². The van der Waals surface area contributed by atoms with Gasteiger partial charge in [0, 0.05) is 45.9 Å². The molecule has 4 rings (SSSR count). The summed E-state index contributed by atoms with van der Waals surface area (Å²) in [6.45, 7) is 8.82. The minimum absolute atomic E-state index is 0.123. The number of ether oxygens (including phenoxy) is 1. The maximum atomic E-state index is 13.3. The molecule has 3 nitrogen and oxygen atoms in total. The molecule has 1 aromatic carbocycles. The summed E-state index contributed by atoms with van der Waals surface area (Å²) in [6.07, 6.45) is 1.23. The fourth-order valence-electron chi connectivity index (χ4n) is 4.45. The van der Waals surface area contributed by atoms with Gasteiger partial charge in [0.2, 0.25) is 0 Å². The third-order valence-electron chi connectivity index (χ3n) is 5.47. The molecule has 22 heavy (non-hydrogen) atoms. The van der Waals surface area contributed by atoms with Crippen molar-refractivity contribution in [3.8, 4) is 0 Å². The number of benzene rings is 1. The highest BCUT2D eigenvalue weighted by Gasteiger charge is 2.40. The SMILES string of the molecule is Fc1cccc(CN2C[C@@H]3CN(C[C@@H]4CCOC4)C[C@@H]3C2)c1. The van der Waals surface area contributed by atoms with Gasteiger partial charge < -0.3 is 9.64 Å². The zero-order valence-electron chi connectivity index (χ0n) is 13.1. The van der Waals surface area contributed by atoms with Crippen molar-refractivity contribution in [3.05, 3.63) is 35.6 Å². The summed E-state index contributed by atoms with van der Waals surface area (Å²) < 4.78 is 18.8. The minimum atomic E-state index is -0.123. The third-order valence-corrected chi connectivity index (χ3v) is 5.47. The van der Waals surface area contributed by atoms with E-state index in [0.717, 1.165) is 43.1 Å². The lowest BCUT2D eigenvalue weighted by Gasteiger charge is -2.23. The maximum absolute atomic E-state index is 13.3. The molecular formula is C18H25FN2O. The first-order valence-corrected chi connectivity index (χ1v) is 8.53. The van der Waals surface area contributed by atoms with Gasteiger partial charge in [-0.1, -0.05) is 12.1 Å². The van der Waals surface area contributed by atoms with Crippen LogP contribution in [0.15, 0.2) is 24.3 Å². The highest BCUT2D eigenvalue weighted by atomic mass is 19.1. The van der Waals surface area contributed by atoms with Crippen molar-refractivity contribution >= 4 is 0 Å². The third kappa shape index (κ3) is 3.19. The second kappa shape index (κ2) is 6.26. The van der Waals surface area contributed by atoms with E-state index < -0.39 is 0 Å². The zero-order valence-corrected chi connectivity index (χ0v) is 13.1. The van der Waals surface area contributed by atoms with Crippen LogP contribution >= 0.6 is 0 Å². The molecule has 3 aliphatic rings. The van der Waals surface area contributed by atoms with Gasteiger partial charge in [-0.25, -0.2) is 4.39 Å². The molecule has 1 aromatic rings. The van der Waals surface area contributed by atoms with Crippen LogP contribution in [-0.2, 0) is 11.3 Å². The summed E-state index contributed by atoms with van der Waals surface area (Å²) in [6, 6.07) is 7.03. The van der Waals surface area contributed by atoms with Crippen molar-refractivity contribution in [2.24, 2.45) is 17.8 Å². The van der Waals surface area contributed by atoms with E-state index >= 15 is 0 Å². The van der Waals surface area contributed by atoms with Crippen molar-refractivity contribution in [2.75, 3.05) is 45.9 Å². The van der Waals surface area contributed by atoms with Crippen LogP contribution in [0.4, 0.5) is 4.39 Å². The van der Waals surface area contributed by atoms with E-state index in [1.165, 1.54) is 45.2 Å². The average Bonchev–Trinajstić information content (AvgIpc) is 3.16. The van der Waals surface area contributed by atoms with Crippen molar-refractivity contribution < 1.29 is 9.13 Å². The van der Waals surface area contributed by atoms with E-state index in [4.69, 9.17) is 4.74 Å². The molecule has 120 valence electrons. The van der Waals surface area contributed by atoms with Gasteiger partial charge in [0.1, 0.15) is 5.82 Å². The molecule has 4 heteroatoms. The van der Waals surface area contributed by atoms with Gasteiger partial charge in [0.15, 0.2) is 0 Å². The Balaban J connectivity index is 1.28. The number of nitrogens with zero attached hydrogens (tertiary/aromatic N) is 2. The van der Waals surface area contributed by atoms with Crippen molar-refractivity contribution in [1.82, 2.24) is 9.80 Å². The molecule has 3 heterocycles. The summed E-state index contributed by atoms with van der Waals surface area (Å²) in [5.74, 6) is 2.23. The Bertz CT molecular complexity index is 504. The van der Waals surface area contributed by atoms with Crippen molar-refractivity contribution in [2.45, 2.75) is 13.0 Å². The standard InChI is InChI=1S/C18H25FN2O/c19-18-3-1-2-14(6-18)7-20-9-16-11-21(12-17(16)10-20)8-15-4-5-22-13-15/h1-3,6,15-17H,4-5,7-13H2/t15-,16-,17+/m0/s1. The fraction of sp³-hybridized carbons (Fsp3) is 0.667. The highest BCUT2D eigenvalue weighted by Crippen LogP contribution is 2.32. The van der Waals surface area contributed by atoms with Crippen LogP contribution in [-0.4, -0.2) is 55.7 Å². The van der Waals surface area contributed by atoms with Crippen LogP contribution in [0.25, 0.3) is 0 Å². The van der Waals surface area contributed by atoms with Gasteiger partial charge in [-0.15, -0.1) is 0 Å². The molecule has 0 radical (unpaired) electrons. The number of halogens is 1. The minimum Gasteiger partial charge on any atom is -0.381 e. The molecule has 3 saturated heterocycles. The zero-order chi connectivity index (χ0) is 14.9. The molecule has 0 spiro atoms. The molecule has 0 unspecified atom stereocenters. The number of rotatable bonds is 4. The second-order valence-electron chi connectivity index (χ2n) is 7.29. The summed E-state index contributed by atoms with van der Waals surface area (Å²) in [7, 11) is 0. The second-order valence-corrected chi connectivity index (χ2v) is 7.29. The van der Waals surface area contributed by atoms with Crippen LogP contribution in [0.2, 0.25) is 0 Å². The normalized spacial score (nSPS) is 32.7. The van der Waals surface area contributed by atoms with E-state index in [1.807, 2.05) is 12.1 Å². The molecule has 3 aliphatic heterocycles. The number of hydrogen-bond donors (Lipinski definition) is 0. The van der Waals surface area contributed by atoms with Crippen LogP contribution in [0, 0.1) is 23.6 Å². The Labute approximate surface area is 132 Å². The monoisotopic (exact) mass is 304 g/mol. The van der Waals surface area contributed by atoms with E-state index in [0.29, 0.717) is 0 Å². The number of likely N-dealkylation sites (tertiary alicyclic amines) is 2. The highest BCUT2D eigenvalue weighted by molar-refractivity contribution is 5.16. The summed E-state index contributed by atoms with van der Waals surface area (Å²) in [4.78, 5) is 5.15. The van der Waals surface area contributed by atoms with Crippen LogP contribution in [0.3, 0.4) is 0 Å².